The molecule has 0 radical (unpaired) electrons. The lowest BCUT2D eigenvalue weighted by atomic mass is 9.85. The van der Waals surface area contributed by atoms with E-state index in [1.807, 2.05) is 20.8 Å². The number of nitrogens with one attached hydrogen (secondary N) is 2. The number of carbonyl (C=O) groups excluding carboxylic acids is 1. The first-order chi connectivity index (χ1) is 11.7. The van der Waals surface area contributed by atoms with Gasteiger partial charge in [0.25, 0.3) is 5.91 Å². The van der Waals surface area contributed by atoms with E-state index >= 15 is 0 Å². The van der Waals surface area contributed by atoms with E-state index in [4.69, 9.17) is 9.85 Å². The topological polar surface area (TPSA) is 116 Å². The fourth-order valence-electron chi connectivity index (χ4n) is 2.37. The lowest BCUT2D eigenvalue weighted by Gasteiger charge is -2.28. The minimum Gasteiger partial charge on any atom is -0.393 e. The molecule has 1 aromatic heterocycles. The van der Waals surface area contributed by atoms with E-state index in [0.29, 0.717) is 12.8 Å². The number of hydrogen-bond acceptors (Lipinski definition) is 5. The van der Waals surface area contributed by atoms with Crippen LogP contribution in [0.1, 0.15) is 61.4 Å². The van der Waals surface area contributed by atoms with Crippen LogP contribution in [0.3, 0.4) is 0 Å². The van der Waals surface area contributed by atoms with Crippen LogP contribution in [0, 0.1) is 5.89 Å². The molecule has 0 bridgehead atoms. The van der Waals surface area contributed by atoms with Crippen molar-refractivity contribution in [2.75, 3.05) is 5.32 Å². The molecule has 1 saturated carbocycles. The van der Waals surface area contributed by atoms with Crippen LogP contribution in [0.15, 0.2) is 11.2 Å². The number of nitrogens with zero attached hydrogens (tertiary/aromatic N) is 2. The van der Waals surface area contributed by atoms with Gasteiger partial charge in [0.05, 0.1) is 20.4 Å². The van der Waals surface area contributed by atoms with Gasteiger partial charge in [-0.25, -0.2) is 4.98 Å². The fraction of sp³-hybridized carbons (Fsp3) is 0.688. The third-order valence-corrected chi connectivity index (χ3v) is 3.58. The molecule has 7 nitrogen and oxygen atoms in total. The largest absolute Gasteiger partial charge is 0.393 e. The van der Waals surface area contributed by atoms with Crippen LogP contribution >= 0.6 is 0 Å². The van der Waals surface area contributed by atoms with Crippen molar-refractivity contribution < 1.29 is 14.0 Å². The van der Waals surface area contributed by atoms with Crippen LogP contribution < -0.4 is 16.5 Å². The highest BCUT2D eigenvalue weighted by molar-refractivity contribution is 5.92. The van der Waals surface area contributed by atoms with E-state index in [-0.39, 0.29) is 35.1 Å². The summed E-state index contributed by atoms with van der Waals surface area (Å²) in [7, 11) is 0. The second-order valence-corrected chi connectivity index (χ2v) is 6.91. The maximum atomic E-state index is 11.8. The first-order valence-corrected chi connectivity index (χ1v) is 7.67. The molecule has 1 aliphatic carbocycles. The van der Waals surface area contributed by atoms with E-state index in [2.05, 4.69) is 20.3 Å². The summed E-state index contributed by atoms with van der Waals surface area (Å²) < 4.78 is 24.1. The molecular formula is C16H27N5O2. The van der Waals surface area contributed by atoms with Gasteiger partial charge in [-0.2, -0.15) is 0 Å². The molecule has 1 amide bonds. The normalized spacial score (nSPS) is 34.4. The molecule has 2 rings (SSSR count). The number of H-pyrrole nitrogens is 1. The zero-order chi connectivity index (χ0) is 19.9. The SMILES string of the molecule is [2H]c1nc(NC(C)(C)C)[nH]c(=NC2CCC([2H])(C)C([2H])(O)C2)c1C(N)=O. The average molecular weight is 324 g/mol. The summed E-state index contributed by atoms with van der Waals surface area (Å²) in [4.78, 5) is 23.1. The number of anilines is 1. The molecule has 5 N–H and O–H groups in total. The van der Waals surface area contributed by atoms with Crippen LogP contribution in [0.4, 0.5) is 5.95 Å². The van der Waals surface area contributed by atoms with Gasteiger partial charge < -0.3 is 21.1 Å². The third kappa shape index (κ3) is 4.79. The summed E-state index contributed by atoms with van der Waals surface area (Å²) in [6, 6.07) is -0.477. The van der Waals surface area contributed by atoms with Crippen molar-refractivity contribution in [2.45, 2.75) is 64.6 Å². The monoisotopic (exact) mass is 324 g/mol. The molecular weight excluding hydrogens is 294 g/mol. The van der Waals surface area contributed by atoms with Gasteiger partial charge in [-0.1, -0.05) is 6.92 Å². The summed E-state index contributed by atoms with van der Waals surface area (Å²) in [6.07, 6.45) is -1.53. The Morgan fingerprint density at radius 2 is 2.30 bits per heavy atom. The summed E-state index contributed by atoms with van der Waals surface area (Å²) in [6.45, 7) is 7.28. The number of aliphatic hydroxyl groups is 1. The highest BCUT2D eigenvalue weighted by Gasteiger charge is 2.26. The molecule has 1 aromatic rings. The second-order valence-electron chi connectivity index (χ2n) is 6.91. The second kappa shape index (κ2) is 6.70. The molecule has 1 fully saturated rings. The van der Waals surface area contributed by atoms with Gasteiger partial charge in [0.1, 0.15) is 5.49 Å². The van der Waals surface area contributed by atoms with E-state index in [9.17, 15) is 9.90 Å². The number of nitrogens with two attached hydrogens (primary N) is 1. The first kappa shape index (κ1) is 13.5. The average Bonchev–Trinajstić information content (AvgIpc) is 2.40. The quantitative estimate of drug-likeness (QED) is 0.667. The highest BCUT2D eigenvalue weighted by atomic mass is 16.3. The van der Waals surface area contributed by atoms with Crippen molar-refractivity contribution in [1.29, 1.82) is 0 Å². The van der Waals surface area contributed by atoms with Crippen molar-refractivity contribution in [3.63, 3.8) is 0 Å². The van der Waals surface area contributed by atoms with Crippen molar-refractivity contribution in [1.82, 2.24) is 9.97 Å². The Hall–Kier alpha value is -1.89. The molecule has 23 heavy (non-hydrogen) atoms. The van der Waals surface area contributed by atoms with Crippen molar-refractivity contribution in [2.24, 2.45) is 16.6 Å². The summed E-state index contributed by atoms with van der Waals surface area (Å²) in [5, 5.41) is 13.3. The van der Waals surface area contributed by atoms with Gasteiger partial charge in [0.2, 0.25) is 5.95 Å². The molecule has 3 unspecified atom stereocenters. The molecule has 0 saturated heterocycles. The van der Waals surface area contributed by atoms with Gasteiger partial charge in [-0.15, -0.1) is 0 Å². The Morgan fingerprint density at radius 3 is 2.87 bits per heavy atom. The lowest BCUT2D eigenvalue weighted by molar-refractivity contribution is 0.0704. The Bertz CT molecular complexity index is 768. The molecule has 0 aromatic carbocycles. The highest BCUT2D eigenvalue weighted by Crippen LogP contribution is 2.25. The maximum Gasteiger partial charge on any atom is 0.254 e. The smallest absolute Gasteiger partial charge is 0.254 e. The number of aromatic nitrogens is 2. The van der Waals surface area contributed by atoms with Crippen LogP contribution in [-0.4, -0.2) is 38.6 Å². The van der Waals surface area contributed by atoms with Crippen LogP contribution in [-0.2, 0) is 0 Å². The first-order valence-electron chi connectivity index (χ1n) is 9.17. The summed E-state index contributed by atoms with van der Waals surface area (Å²) in [5.74, 6) is -1.84. The Kier molecular flexibility index (Phi) is 3.94. The van der Waals surface area contributed by atoms with Gasteiger partial charge in [0.15, 0.2) is 0 Å². The molecule has 128 valence electrons. The Morgan fingerprint density at radius 1 is 1.61 bits per heavy atom. The Labute approximate surface area is 140 Å². The molecule has 1 heterocycles. The van der Waals surface area contributed by atoms with E-state index in [0.717, 1.165) is 0 Å². The molecule has 3 atom stereocenters. The van der Waals surface area contributed by atoms with Crippen LogP contribution in [0.2, 0.25) is 0 Å². The predicted octanol–water partition coefficient (Wildman–Crippen LogP) is 1.17. The lowest BCUT2D eigenvalue weighted by Crippen LogP contribution is -2.34. The standard InChI is InChI=1S/C16H27N5O2/c1-9-5-6-10(7-12(9)22)19-14-11(13(17)23)8-18-15(20-14)21-16(2,3)4/h8-10,12,22H,5-7H2,1-4H3,(H2,17,23)(H2,18,19,20,21)/i8D,9D,12D. The van der Waals surface area contributed by atoms with Crippen LogP contribution in [0.5, 0.6) is 0 Å². The number of carbonyl (C=O) groups is 1. The predicted molar refractivity (Wildman–Crippen MR) is 88.9 cm³/mol. The summed E-state index contributed by atoms with van der Waals surface area (Å²) in [5.41, 5.74) is 5.00. The van der Waals surface area contributed by atoms with Gasteiger partial charge in [0, 0.05) is 13.1 Å². The van der Waals surface area contributed by atoms with Crippen LogP contribution in [0.25, 0.3) is 0 Å². The van der Waals surface area contributed by atoms with Crippen molar-refractivity contribution >= 4 is 11.9 Å². The molecule has 1 aliphatic rings. The van der Waals surface area contributed by atoms with Crippen molar-refractivity contribution in [3.8, 4) is 0 Å². The minimum atomic E-state index is -1.95. The van der Waals surface area contributed by atoms with E-state index in [1.165, 1.54) is 6.92 Å². The minimum absolute atomic E-state index is 0.0449. The number of aromatic amines is 1. The fourth-order valence-corrected chi connectivity index (χ4v) is 2.37. The number of rotatable bonds is 3. The maximum absolute atomic E-state index is 11.8. The molecule has 0 spiro atoms. The zero-order valence-corrected chi connectivity index (χ0v) is 14.0. The van der Waals surface area contributed by atoms with Crippen molar-refractivity contribution in [3.05, 3.63) is 17.2 Å². The summed E-state index contributed by atoms with van der Waals surface area (Å²) >= 11 is 0. The Balaban J connectivity index is 2.49. The van der Waals surface area contributed by atoms with E-state index < -0.39 is 23.9 Å². The zero-order valence-electron chi connectivity index (χ0n) is 17.0. The molecule has 7 heteroatoms. The van der Waals surface area contributed by atoms with Gasteiger partial charge in [-0.05, 0) is 45.9 Å². The van der Waals surface area contributed by atoms with Gasteiger partial charge in [-0.3, -0.25) is 9.79 Å². The third-order valence-electron chi connectivity index (χ3n) is 3.58. The number of hydrogen-bond donors (Lipinski definition) is 4. The van der Waals surface area contributed by atoms with Gasteiger partial charge >= 0.3 is 0 Å². The van der Waals surface area contributed by atoms with E-state index in [1.54, 1.807) is 0 Å². The number of amides is 1. The number of primary amides is 1. The molecule has 0 aliphatic heterocycles.